The molecule has 1 rings (SSSR count). The fourth-order valence-corrected chi connectivity index (χ4v) is 2.54. The van der Waals surface area contributed by atoms with Crippen LogP contribution in [0.2, 0.25) is 0 Å². The molecule has 0 radical (unpaired) electrons. The number of hydrogen-bond donors (Lipinski definition) is 1. The third-order valence-electron chi connectivity index (χ3n) is 3.33. The molecule has 84 valence electrons. The van der Waals surface area contributed by atoms with Gasteiger partial charge in [-0.3, -0.25) is 4.90 Å². The number of likely N-dealkylation sites (tertiary alicyclic amines) is 1. The maximum absolute atomic E-state index is 5.59. The van der Waals surface area contributed by atoms with E-state index < -0.39 is 0 Å². The first-order chi connectivity index (χ1) is 6.75. The normalized spacial score (nSPS) is 25.3. The summed E-state index contributed by atoms with van der Waals surface area (Å²) in [5.41, 5.74) is 5.59. The standard InChI is InChI=1S/C12H26N2/c1-11(2)14-10-5-3-4-7-12(14)8-6-9-13/h11-12H,3-10,13H2,1-2H3. The fraction of sp³-hybridized carbons (Fsp3) is 1.00. The molecule has 0 aromatic heterocycles. The molecule has 1 aliphatic rings. The average molecular weight is 198 g/mol. The summed E-state index contributed by atoms with van der Waals surface area (Å²) >= 11 is 0. The van der Waals surface area contributed by atoms with Crippen LogP contribution in [-0.4, -0.2) is 30.1 Å². The third-order valence-corrected chi connectivity index (χ3v) is 3.33. The van der Waals surface area contributed by atoms with Crippen molar-refractivity contribution in [1.82, 2.24) is 4.90 Å². The number of nitrogens with two attached hydrogens (primary N) is 1. The Labute approximate surface area is 88.8 Å². The molecule has 1 heterocycles. The van der Waals surface area contributed by atoms with Crippen LogP contribution < -0.4 is 5.73 Å². The highest BCUT2D eigenvalue weighted by Crippen LogP contribution is 2.22. The summed E-state index contributed by atoms with van der Waals surface area (Å²) in [5, 5.41) is 0. The van der Waals surface area contributed by atoms with Gasteiger partial charge in [0.25, 0.3) is 0 Å². The van der Waals surface area contributed by atoms with Gasteiger partial charge >= 0.3 is 0 Å². The van der Waals surface area contributed by atoms with Crippen LogP contribution in [0.3, 0.4) is 0 Å². The van der Waals surface area contributed by atoms with E-state index in [0.717, 1.165) is 12.6 Å². The topological polar surface area (TPSA) is 29.3 Å². The Balaban J connectivity index is 2.45. The molecule has 1 fully saturated rings. The molecule has 0 aromatic carbocycles. The predicted octanol–water partition coefficient (Wildman–Crippen LogP) is 2.38. The Morgan fingerprint density at radius 2 is 2.07 bits per heavy atom. The van der Waals surface area contributed by atoms with E-state index in [0.29, 0.717) is 6.04 Å². The second kappa shape index (κ2) is 6.41. The Kier molecular flexibility index (Phi) is 5.49. The minimum atomic E-state index is 0.705. The van der Waals surface area contributed by atoms with Crippen LogP contribution in [0.5, 0.6) is 0 Å². The summed E-state index contributed by atoms with van der Waals surface area (Å²) in [4.78, 5) is 2.68. The number of nitrogens with zero attached hydrogens (tertiary/aromatic N) is 1. The molecule has 2 nitrogen and oxygen atoms in total. The van der Waals surface area contributed by atoms with Crippen LogP contribution in [0.15, 0.2) is 0 Å². The lowest BCUT2D eigenvalue weighted by Crippen LogP contribution is -2.40. The van der Waals surface area contributed by atoms with E-state index in [2.05, 4.69) is 18.7 Å². The molecule has 2 N–H and O–H groups in total. The average Bonchev–Trinajstić information content (AvgIpc) is 2.39. The van der Waals surface area contributed by atoms with Crippen molar-refractivity contribution < 1.29 is 0 Å². The largest absolute Gasteiger partial charge is 0.330 e. The zero-order chi connectivity index (χ0) is 10.4. The minimum absolute atomic E-state index is 0.705. The van der Waals surface area contributed by atoms with Gasteiger partial charge in [0, 0.05) is 12.1 Å². The van der Waals surface area contributed by atoms with Gasteiger partial charge in [-0.15, -0.1) is 0 Å². The summed E-state index contributed by atoms with van der Waals surface area (Å²) < 4.78 is 0. The van der Waals surface area contributed by atoms with Crippen molar-refractivity contribution in [1.29, 1.82) is 0 Å². The molecule has 1 saturated heterocycles. The Morgan fingerprint density at radius 3 is 2.71 bits per heavy atom. The van der Waals surface area contributed by atoms with E-state index in [1.807, 2.05) is 0 Å². The van der Waals surface area contributed by atoms with Gasteiger partial charge < -0.3 is 5.73 Å². The molecule has 1 aliphatic heterocycles. The molecule has 0 aromatic rings. The van der Waals surface area contributed by atoms with Crippen molar-refractivity contribution in [3.63, 3.8) is 0 Å². The van der Waals surface area contributed by atoms with Crippen molar-refractivity contribution in [2.24, 2.45) is 5.73 Å². The summed E-state index contributed by atoms with van der Waals surface area (Å²) in [6.07, 6.45) is 8.10. The maximum Gasteiger partial charge on any atom is 0.00984 e. The Bertz CT molecular complexity index is 145. The van der Waals surface area contributed by atoms with Gasteiger partial charge in [-0.2, -0.15) is 0 Å². The van der Waals surface area contributed by atoms with Crippen LogP contribution in [0.25, 0.3) is 0 Å². The molecule has 0 amide bonds. The third kappa shape index (κ3) is 3.58. The smallest absolute Gasteiger partial charge is 0.00984 e. The molecule has 0 saturated carbocycles. The molecule has 1 atom stereocenters. The summed E-state index contributed by atoms with van der Waals surface area (Å²) in [7, 11) is 0. The highest BCUT2D eigenvalue weighted by molar-refractivity contribution is 4.77. The maximum atomic E-state index is 5.59. The van der Waals surface area contributed by atoms with Crippen molar-refractivity contribution in [3.8, 4) is 0 Å². The molecule has 2 heteroatoms. The SMILES string of the molecule is CC(C)N1CCCCCC1CCCN. The van der Waals surface area contributed by atoms with E-state index in [1.165, 1.54) is 45.1 Å². The van der Waals surface area contributed by atoms with Crippen molar-refractivity contribution in [3.05, 3.63) is 0 Å². The Hall–Kier alpha value is -0.0800. The van der Waals surface area contributed by atoms with Gasteiger partial charge in [0.15, 0.2) is 0 Å². The molecule has 0 aliphatic carbocycles. The second-order valence-electron chi connectivity index (χ2n) is 4.77. The molecular formula is C12H26N2. The summed E-state index contributed by atoms with van der Waals surface area (Å²) in [5.74, 6) is 0. The number of rotatable bonds is 4. The van der Waals surface area contributed by atoms with Gasteiger partial charge in [-0.25, -0.2) is 0 Å². The molecule has 0 bridgehead atoms. The van der Waals surface area contributed by atoms with Crippen LogP contribution in [0, 0.1) is 0 Å². The van der Waals surface area contributed by atoms with E-state index in [4.69, 9.17) is 5.73 Å². The quantitative estimate of drug-likeness (QED) is 0.751. The van der Waals surface area contributed by atoms with Gasteiger partial charge in [-0.1, -0.05) is 12.8 Å². The van der Waals surface area contributed by atoms with Crippen molar-refractivity contribution >= 4 is 0 Å². The van der Waals surface area contributed by atoms with Crippen LogP contribution in [0.4, 0.5) is 0 Å². The highest BCUT2D eigenvalue weighted by Gasteiger charge is 2.22. The first-order valence-electron chi connectivity index (χ1n) is 6.21. The monoisotopic (exact) mass is 198 g/mol. The van der Waals surface area contributed by atoms with E-state index in [1.54, 1.807) is 0 Å². The lowest BCUT2D eigenvalue weighted by atomic mass is 10.0. The fourth-order valence-electron chi connectivity index (χ4n) is 2.54. The van der Waals surface area contributed by atoms with Gasteiger partial charge in [0.05, 0.1) is 0 Å². The van der Waals surface area contributed by atoms with E-state index in [-0.39, 0.29) is 0 Å². The van der Waals surface area contributed by atoms with Gasteiger partial charge in [0.1, 0.15) is 0 Å². The van der Waals surface area contributed by atoms with Gasteiger partial charge in [-0.05, 0) is 52.6 Å². The predicted molar refractivity (Wildman–Crippen MR) is 62.4 cm³/mol. The first kappa shape index (κ1) is 12.0. The Morgan fingerprint density at radius 1 is 1.29 bits per heavy atom. The number of hydrogen-bond acceptors (Lipinski definition) is 2. The lowest BCUT2D eigenvalue weighted by molar-refractivity contribution is 0.147. The molecule has 0 spiro atoms. The summed E-state index contributed by atoms with van der Waals surface area (Å²) in [6, 6.07) is 1.51. The van der Waals surface area contributed by atoms with E-state index >= 15 is 0 Å². The molecule has 14 heavy (non-hydrogen) atoms. The van der Waals surface area contributed by atoms with Gasteiger partial charge in [0.2, 0.25) is 0 Å². The molecule has 1 unspecified atom stereocenters. The summed E-state index contributed by atoms with van der Waals surface area (Å²) in [6.45, 7) is 6.79. The highest BCUT2D eigenvalue weighted by atomic mass is 15.2. The lowest BCUT2D eigenvalue weighted by Gasteiger charge is -2.33. The first-order valence-corrected chi connectivity index (χ1v) is 6.21. The second-order valence-corrected chi connectivity index (χ2v) is 4.77. The van der Waals surface area contributed by atoms with Crippen molar-refractivity contribution in [2.45, 2.75) is 64.5 Å². The zero-order valence-electron chi connectivity index (χ0n) is 9.84. The van der Waals surface area contributed by atoms with Crippen LogP contribution in [0.1, 0.15) is 52.4 Å². The van der Waals surface area contributed by atoms with Crippen molar-refractivity contribution in [2.75, 3.05) is 13.1 Å². The minimum Gasteiger partial charge on any atom is -0.330 e. The molecular weight excluding hydrogens is 172 g/mol. The van der Waals surface area contributed by atoms with Crippen LogP contribution in [-0.2, 0) is 0 Å². The van der Waals surface area contributed by atoms with E-state index in [9.17, 15) is 0 Å². The van der Waals surface area contributed by atoms with Crippen LogP contribution >= 0.6 is 0 Å². The zero-order valence-corrected chi connectivity index (χ0v) is 9.84.